The first-order valence-electron chi connectivity index (χ1n) is 7.03. The Hall–Kier alpha value is -1.57. The summed E-state index contributed by atoms with van der Waals surface area (Å²) >= 11 is 1.36. The van der Waals surface area contributed by atoms with Gasteiger partial charge in [0.05, 0.1) is 29.4 Å². The van der Waals surface area contributed by atoms with Gasteiger partial charge in [-0.3, -0.25) is 10.8 Å². The van der Waals surface area contributed by atoms with Crippen molar-refractivity contribution in [3.8, 4) is 5.75 Å². The van der Waals surface area contributed by atoms with Gasteiger partial charge < -0.3 is 4.74 Å². The molecule has 0 spiro atoms. The van der Waals surface area contributed by atoms with Crippen molar-refractivity contribution in [3.63, 3.8) is 0 Å². The molecular weight excluding hydrogens is 286 g/mol. The van der Waals surface area contributed by atoms with Crippen LogP contribution in [0, 0.1) is 0 Å². The molecule has 0 aliphatic rings. The molecule has 0 amide bonds. The second kappa shape index (κ2) is 7.44. The zero-order chi connectivity index (χ0) is 15.2. The molecule has 114 valence electrons. The van der Waals surface area contributed by atoms with Crippen molar-refractivity contribution in [3.05, 3.63) is 34.6 Å². The maximum atomic E-state index is 5.75. The van der Waals surface area contributed by atoms with E-state index in [1.54, 1.807) is 12.4 Å². The fraction of sp³-hybridized carbons (Fsp3) is 0.500. The highest BCUT2D eigenvalue weighted by molar-refractivity contribution is 7.05. The van der Waals surface area contributed by atoms with Crippen LogP contribution in [0.25, 0.3) is 0 Å². The zero-order valence-electron chi connectivity index (χ0n) is 12.5. The van der Waals surface area contributed by atoms with E-state index in [1.165, 1.54) is 11.5 Å². The van der Waals surface area contributed by atoms with Gasteiger partial charge in [0, 0.05) is 6.20 Å². The lowest BCUT2D eigenvalue weighted by molar-refractivity contribution is 0.315. The Morgan fingerprint density at radius 1 is 1.38 bits per heavy atom. The Morgan fingerprint density at radius 2 is 2.19 bits per heavy atom. The van der Waals surface area contributed by atoms with Crippen LogP contribution < -0.4 is 16.0 Å². The number of hydrogen-bond acceptors (Lipinski definition) is 7. The van der Waals surface area contributed by atoms with E-state index in [0.717, 1.165) is 28.3 Å². The number of pyridine rings is 1. The molecule has 0 bridgehead atoms. The number of ether oxygens (including phenoxy) is 1. The molecule has 1 unspecified atom stereocenters. The Labute approximate surface area is 128 Å². The molecular formula is C14H21N5OS. The van der Waals surface area contributed by atoms with Crippen LogP contribution in [0.5, 0.6) is 5.75 Å². The highest BCUT2D eigenvalue weighted by atomic mass is 32.1. The number of nitrogens with one attached hydrogen (secondary N) is 1. The lowest BCUT2D eigenvalue weighted by Gasteiger charge is -2.17. The number of hydrogen-bond donors (Lipinski definition) is 2. The predicted molar refractivity (Wildman–Crippen MR) is 83.2 cm³/mol. The molecule has 0 saturated heterocycles. The van der Waals surface area contributed by atoms with Crippen LogP contribution in [0.2, 0.25) is 0 Å². The minimum atomic E-state index is -0.180. The summed E-state index contributed by atoms with van der Waals surface area (Å²) in [6, 6.07) is 1.77. The summed E-state index contributed by atoms with van der Waals surface area (Å²) in [5, 5.41) is 4.20. The van der Waals surface area contributed by atoms with Crippen LogP contribution in [0.4, 0.5) is 0 Å². The van der Waals surface area contributed by atoms with E-state index in [0.29, 0.717) is 12.5 Å². The van der Waals surface area contributed by atoms with Crippen molar-refractivity contribution in [2.75, 3.05) is 6.61 Å². The molecule has 0 saturated carbocycles. The first kappa shape index (κ1) is 15.8. The van der Waals surface area contributed by atoms with Gasteiger partial charge in [-0.2, -0.15) is 0 Å². The molecule has 0 aliphatic carbocycles. The first-order valence-corrected chi connectivity index (χ1v) is 7.80. The second-order valence-corrected chi connectivity index (χ2v) is 5.86. The summed E-state index contributed by atoms with van der Waals surface area (Å²) < 4.78 is 9.68. The number of rotatable bonds is 7. The van der Waals surface area contributed by atoms with Crippen molar-refractivity contribution in [1.29, 1.82) is 0 Å². The molecule has 3 N–H and O–H groups in total. The molecule has 0 aliphatic heterocycles. The van der Waals surface area contributed by atoms with Crippen molar-refractivity contribution in [1.82, 2.24) is 20.0 Å². The monoisotopic (exact) mass is 307 g/mol. The van der Waals surface area contributed by atoms with Crippen LogP contribution >= 0.6 is 11.5 Å². The molecule has 6 nitrogen and oxygen atoms in total. The minimum Gasteiger partial charge on any atom is -0.492 e. The molecule has 2 aromatic heterocycles. The van der Waals surface area contributed by atoms with Crippen molar-refractivity contribution in [2.45, 2.75) is 39.2 Å². The number of nitrogens with zero attached hydrogens (tertiary/aromatic N) is 3. The third kappa shape index (κ3) is 3.75. The molecule has 0 fully saturated rings. The van der Waals surface area contributed by atoms with Crippen LogP contribution in [-0.2, 0) is 0 Å². The van der Waals surface area contributed by atoms with Gasteiger partial charge in [-0.15, -0.1) is 5.10 Å². The largest absolute Gasteiger partial charge is 0.492 e. The fourth-order valence-corrected chi connectivity index (χ4v) is 2.92. The lowest BCUT2D eigenvalue weighted by atomic mass is 10.0. The molecule has 2 aromatic rings. The van der Waals surface area contributed by atoms with E-state index < -0.39 is 0 Å². The van der Waals surface area contributed by atoms with Crippen molar-refractivity contribution < 1.29 is 4.74 Å². The highest BCUT2D eigenvalue weighted by Crippen LogP contribution is 2.31. The zero-order valence-corrected chi connectivity index (χ0v) is 13.4. The van der Waals surface area contributed by atoms with Gasteiger partial charge in [0.25, 0.3) is 0 Å². The van der Waals surface area contributed by atoms with Crippen LogP contribution in [0.1, 0.15) is 55.3 Å². The van der Waals surface area contributed by atoms with Gasteiger partial charge in [-0.05, 0) is 35.5 Å². The van der Waals surface area contributed by atoms with Gasteiger partial charge in [-0.1, -0.05) is 25.3 Å². The molecule has 0 radical (unpaired) electrons. The Morgan fingerprint density at radius 3 is 2.86 bits per heavy atom. The van der Waals surface area contributed by atoms with E-state index in [2.05, 4.69) is 40.8 Å². The summed E-state index contributed by atoms with van der Waals surface area (Å²) in [5.41, 5.74) is 4.74. The lowest BCUT2D eigenvalue weighted by Crippen LogP contribution is -2.29. The van der Waals surface area contributed by atoms with E-state index in [-0.39, 0.29) is 6.04 Å². The van der Waals surface area contributed by atoms with E-state index >= 15 is 0 Å². The predicted octanol–water partition coefficient (Wildman–Crippen LogP) is 2.40. The van der Waals surface area contributed by atoms with Crippen molar-refractivity contribution >= 4 is 11.5 Å². The maximum absolute atomic E-state index is 5.75. The Balaban J connectivity index is 2.30. The number of hydrazine groups is 1. The smallest absolute Gasteiger partial charge is 0.137 e. The molecule has 7 heteroatoms. The Kier molecular flexibility index (Phi) is 5.60. The van der Waals surface area contributed by atoms with Gasteiger partial charge in [0.1, 0.15) is 5.75 Å². The minimum absolute atomic E-state index is 0.180. The Bertz CT molecular complexity index is 572. The standard InChI is InChI=1S/C14H21N5OS/c1-4-5-20-11-6-10(7-16-8-11)13(17-15)14-12(9(2)3)18-19-21-14/h6-9,13,17H,4-5,15H2,1-3H3. The summed E-state index contributed by atoms with van der Waals surface area (Å²) in [7, 11) is 0. The highest BCUT2D eigenvalue weighted by Gasteiger charge is 2.22. The molecule has 0 aromatic carbocycles. The summed E-state index contributed by atoms with van der Waals surface area (Å²) in [4.78, 5) is 5.25. The SMILES string of the molecule is CCCOc1cncc(C(NN)c2snnc2C(C)C)c1. The second-order valence-electron chi connectivity index (χ2n) is 5.08. The van der Waals surface area contributed by atoms with E-state index in [4.69, 9.17) is 10.6 Å². The average Bonchev–Trinajstić information content (AvgIpc) is 2.96. The van der Waals surface area contributed by atoms with Gasteiger partial charge in [0.15, 0.2) is 0 Å². The first-order chi connectivity index (χ1) is 10.2. The average molecular weight is 307 g/mol. The summed E-state index contributed by atoms with van der Waals surface area (Å²) in [6.45, 7) is 6.92. The van der Waals surface area contributed by atoms with Crippen LogP contribution in [-0.4, -0.2) is 21.2 Å². The molecule has 2 rings (SSSR count). The van der Waals surface area contributed by atoms with Crippen molar-refractivity contribution in [2.24, 2.45) is 5.84 Å². The van der Waals surface area contributed by atoms with Crippen LogP contribution in [0.3, 0.4) is 0 Å². The third-order valence-electron chi connectivity index (χ3n) is 3.06. The topological polar surface area (TPSA) is 86.0 Å². The van der Waals surface area contributed by atoms with Gasteiger partial charge >= 0.3 is 0 Å². The normalized spacial score (nSPS) is 12.6. The quantitative estimate of drug-likeness (QED) is 0.603. The molecule has 2 heterocycles. The molecule has 1 atom stereocenters. The van der Waals surface area contributed by atoms with Gasteiger partial charge in [-0.25, -0.2) is 5.43 Å². The van der Waals surface area contributed by atoms with Gasteiger partial charge in [0.2, 0.25) is 0 Å². The summed E-state index contributed by atoms with van der Waals surface area (Å²) in [6.07, 6.45) is 4.45. The molecule has 21 heavy (non-hydrogen) atoms. The van der Waals surface area contributed by atoms with E-state index in [9.17, 15) is 0 Å². The maximum Gasteiger partial charge on any atom is 0.137 e. The fourth-order valence-electron chi connectivity index (χ4n) is 2.02. The number of nitrogens with two attached hydrogens (primary N) is 1. The van der Waals surface area contributed by atoms with E-state index in [1.807, 2.05) is 6.07 Å². The third-order valence-corrected chi connectivity index (χ3v) is 3.86. The van der Waals surface area contributed by atoms with Crippen LogP contribution in [0.15, 0.2) is 18.5 Å². The summed E-state index contributed by atoms with van der Waals surface area (Å²) in [5.74, 6) is 6.79. The number of aromatic nitrogens is 3.